The third-order valence-corrected chi connectivity index (χ3v) is 4.67. The second kappa shape index (κ2) is 4.52. The molecule has 0 saturated heterocycles. The van der Waals surface area contributed by atoms with Crippen LogP contribution < -0.4 is 0 Å². The van der Waals surface area contributed by atoms with Gasteiger partial charge in [0.15, 0.2) is 0 Å². The summed E-state index contributed by atoms with van der Waals surface area (Å²) in [6.07, 6.45) is 9.81. The fourth-order valence-corrected chi connectivity index (χ4v) is 3.26. The second-order valence-electron chi connectivity index (χ2n) is 4.18. The molecule has 0 fully saturated rings. The van der Waals surface area contributed by atoms with Crippen LogP contribution in [0.4, 0.5) is 0 Å². The van der Waals surface area contributed by atoms with Gasteiger partial charge < -0.3 is 0 Å². The van der Waals surface area contributed by atoms with Crippen LogP contribution in [0, 0.1) is 0 Å². The summed E-state index contributed by atoms with van der Waals surface area (Å²) in [5, 5.41) is 2.00. The Bertz CT molecular complexity index is 766. The van der Waals surface area contributed by atoms with Crippen LogP contribution in [0.2, 0.25) is 0 Å². The van der Waals surface area contributed by atoms with Crippen LogP contribution >= 0.6 is 11.8 Å². The molecule has 0 aromatic heterocycles. The van der Waals surface area contributed by atoms with Crippen molar-refractivity contribution in [2.75, 3.05) is 0 Å². The van der Waals surface area contributed by atoms with Crippen molar-refractivity contribution in [1.82, 2.24) is 0 Å². The number of hydrogen-bond donors (Lipinski definition) is 1. The molecule has 1 aliphatic carbocycles. The molecular weight excluding hydrogens is 280 g/mol. The Morgan fingerprint density at radius 3 is 2.74 bits per heavy atom. The van der Waals surface area contributed by atoms with Crippen LogP contribution in [0.1, 0.15) is 11.1 Å². The fourth-order valence-electron chi connectivity index (χ4n) is 1.97. The molecule has 3 nitrogen and oxygen atoms in total. The molecule has 0 spiro atoms. The van der Waals surface area contributed by atoms with Gasteiger partial charge in [-0.2, -0.15) is 8.42 Å². The first-order valence-corrected chi connectivity index (χ1v) is 7.91. The number of fused-ring (bicyclic) bond motifs is 2. The maximum absolute atomic E-state index is 11.1. The predicted octanol–water partition coefficient (Wildman–Crippen LogP) is 3.49. The molecule has 0 atom stereocenters. The van der Waals surface area contributed by atoms with Gasteiger partial charge in [0.1, 0.15) is 0 Å². The van der Waals surface area contributed by atoms with E-state index in [1.54, 1.807) is 17.8 Å². The molecule has 0 unspecified atom stereocenters. The van der Waals surface area contributed by atoms with E-state index in [1.807, 2.05) is 35.8 Å². The third kappa shape index (κ3) is 2.45. The minimum absolute atomic E-state index is 0.0843. The molecule has 2 aliphatic rings. The summed E-state index contributed by atoms with van der Waals surface area (Å²) in [4.78, 5) is 1.04. The van der Waals surface area contributed by atoms with E-state index in [2.05, 4.69) is 0 Å². The highest BCUT2D eigenvalue weighted by atomic mass is 32.2. The quantitative estimate of drug-likeness (QED) is 0.804. The lowest BCUT2D eigenvalue weighted by molar-refractivity contribution is 0.483. The summed E-state index contributed by atoms with van der Waals surface area (Å²) < 4.78 is 31.4. The average molecular weight is 290 g/mol. The molecule has 96 valence electrons. The summed E-state index contributed by atoms with van der Waals surface area (Å²) in [6.45, 7) is 0. The van der Waals surface area contributed by atoms with Crippen LogP contribution in [-0.2, 0) is 10.1 Å². The number of thioether (sulfide) groups is 1. The molecule has 1 aromatic carbocycles. The predicted molar refractivity (Wildman–Crippen MR) is 78.1 cm³/mol. The summed E-state index contributed by atoms with van der Waals surface area (Å²) in [7, 11) is -4.16. The van der Waals surface area contributed by atoms with Crippen LogP contribution in [-0.4, -0.2) is 13.0 Å². The third-order valence-electron chi connectivity index (χ3n) is 2.92. The SMILES string of the molecule is O=S(=O)(O)c1ccc2c(c1)C=CC1=CC=CSC1=C2. The zero-order valence-electron chi connectivity index (χ0n) is 9.78. The van der Waals surface area contributed by atoms with E-state index in [-0.39, 0.29) is 4.90 Å². The van der Waals surface area contributed by atoms with Crippen molar-refractivity contribution in [1.29, 1.82) is 0 Å². The first-order chi connectivity index (χ1) is 9.04. The molecule has 1 aliphatic heterocycles. The average Bonchev–Trinajstić information content (AvgIpc) is 2.55. The number of allylic oxidation sites excluding steroid dienone is 4. The summed E-state index contributed by atoms with van der Waals surface area (Å²) >= 11 is 1.63. The lowest BCUT2D eigenvalue weighted by Crippen LogP contribution is -1.98. The Labute approximate surface area is 115 Å². The molecule has 3 rings (SSSR count). The minimum atomic E-state index is -4.16. The highest BCUT2D eigenvalue weighted by Gasteiger charge is 2.14. The normalized spacial score (nSPS) is 17.1. The van der Waals surface area contributed by atoms with E-state index in [9.17, 15) is 8.42 Å². The van der Waals surface area contributed by atoms with Crippen molar-refractivity contribution in [3.63, 3.8) is 0 Å². The Morgan fingerprint density at radius 2 is 1.95 bits per heavy atom. The lowest BCUT2D eigenvalue weighted by Gasteiger charge is -2.07. The van der Waals surface area contributed by atoms with Crippen molar-refractivity contribution < 1.29 is 13.0 Å². The van der Waals surface area contributed by atoms with Gasteiger partial charge in [-0.25, -0.2) is 0 Å². The van der Waals surface area contributed by atoms with Crippen molar-refractivity contribution in [2.24, 2.45) is 0 Å². The maximum Gasteiger partial charge on any atom is 0.294 e. The van der Waals surface area contributed by atoms with Gasteiger partial charge in [0.25, 0.3) is 10.1 Å². The Balaban J connectivity index is 2.16. The van der Waals surface area contributed by atoms with Crippen LogP contribution in [0.25, 0.3) is 12.2 Å². The fraction of sp³-hybridized carbons (Fsp3) is 0. The molecule has 1 aromatic rings. The summed E-state index contributed by atoms with van der Waals surface area (Å²) in [5.74, 6) is 0. The number of benzene rings is 1. The van der Waals surface area contributed by atoms with E-state index in [1.165, 1.54) is 12.1 Å². The maximum atomic E-state index is 11.1. The highest BCUT2D eigenvalue weighted by molar-refractivity contribution is 8.06. The zero-order chi connectivity index (χ0) is 13.5. The van der Waals surface area contributed by atoms with Crippen molar-refractivity contribution in [3.05, 3.63) is 63.4 Å². The van der Waals surface area contributed by atoms with Gasteiger partial charge in [-0.3, -0.25) is 4.55 Å². The van der Waals surface area contributed by atoms with Crippen LogP contribution in [0.5, 0.6) is 0 Å². The molecule has 0 radical (unpaired) electrons. The monoisotopic (exact) mass is 290 g/mol. The molecule has 19 heavy (non-hydrogen) atoms. The van der Waals surface area contributed by atoms with E-state index < -0.39 is 10.1 Å². The first-order valence-electron chi connectivity index (χ1n) is 5.59. The topological polar surface area (TPSA) is 54.4 Å². The van der Waals surface area contributed by atoms with Gasteiger partial charge in [-0.1, -0.05) is 42.1 Å². The Morgan fingerprint density at radius 1 is 1.11 bits per heavy atom. The van der Waals surface area contributed by atoms with Crippen LogP contribution in [0.3, 0.4) is 0 Å². The summed E-state index contributed by atoms with van der Waals surface area (Å²) in [5.41, 5.74) is 2.81. The molecular formula is C14H10O3S2. The first kappa shape index (κ1) is 12.5. The van der Waals surface area contributed by atoms with E-state index in [0.29, 0.717) is 0 Å². The molecule has 0 amide bonds. The smallest absolute Gasteiger partial charge is 0.282 e. The van der Waals surface area contributed by atoms with Crippen molar-refractivity contribution >= 4 is 34.0 Å². The van der Waals surface area contributed by atoms with Gasteiger partial charge in [0.2, 0.25) is 0 Å². The van der Waals surface area contributed by atoms with Gasteiger partial charge in [0.05, 0.1) is 4.90 Å². The van der Waals surface area contributed by atoms with E-state index in [0.717, 1.165) is 21.6 Å². The minimum Gasteiger partial charge on any atom is -0.282 e. The van der Waals surface area contributed by atoms with E-state index >= 15 is 0 Å². The number of hydrogen-bond acceptors (Lipinski definition) is 3. The second-order valence-corrected chi connectivity index (χ2v) is 6.55. The van der Waals surface area contributed by atoms with Gasteiger partial charge in [-0.15, -0.1) is 0 Å². The highest BCUT2D eigenvalue weighted by Crippen LogP contribution is 2.35. The largest absolute Gasteiger partial charge is 0.294 e. The van der Waals surface area contributed by atoms with Crippen LogP contribution in [0.15, 0.2) is 57.2 Å². The Kier molecular flexibility index (Phi) is 2.97. The molecule has 0 saturated carbocycles. The molecule has 1 N–H and O–H groups in total. The summed E-state index contributed by atoms with van der Waals surface area (Å²) in [6, 6.07) is 4.60. The van der Waals surface area contributed by atoms with Gasteiger partial charge in [-0.05, 0) is 40.3 Å². The van der Waals surface area contributed by atoms with Crippen molar-refractivity contribution in [2.45, 2.75) is 4.90 Å². The van der Waals surface area contributed by atoms with Gasteiger partial charge in [0, 0.05) is 4.91 Å². The lowest BCUT2D eigenvalue weighted by atomic mass is 10.1. The molecule has 0 bridgehead atoms. The Hall–Kier alpha value is -1.56. The van der Waals surface area contributed by atoms with Gasteiger partial charge >= 0.3 is 0 Å². The molecule has 1 heterocycles. The van der Waals surface area contributed by atoms with Crippen molar-refractivity contribution in [3.8, 4) is 0 Å². The zero-order valence-corrected chi connectivity index (χ0v) is 11.4. The number of rotatable bonds is 1. The van der Waals surface area contributed by atoms with E-state index in [4.69, 9.17) is 4.55 Å². The standard InChI is InChI=1S/C14H10O3S2/c15-19(16,17)13-6-5-12-9-14-10(2-1-7-18-14)3-4-11(12)8-13/h1-9H,(H,15,16,17). The molecule has 5 heteroatoms.